The van der Waals surface area contributed by atoms with Crippen molar-refractivity contribution in [2.45, 2.75) is 17.5 Å². The fourth-order valence-corrected chi connectivity index (χ4v) is 2.56. The summed E-state index contributed by atoms with van der Waals surface area (Å²) in [6.07, 6.45) is -5.86. The highest BCUT2D eigenvalue weighted by Crippen LogP contribution is 2.24. The van der Waals surface area contributed by atoms with E-state index in [1.165, 1.54) is 24.3 Å². The lowest BCUT2D eigenvalue weighted by molar-refractivity contribution is -0.129. The number of hydrogen-bond acceptors (Lipinski definition) is 3. The van der Waals surface area contributed by atoms with Gasteiger partial charge in [-0.2, -0.15) is 13.2 Å². The van der Waals surface area contributed by atoms with Crippen LogP contribution in [0.15, 0.2) is 29.2 Å². The summed E-state index contributed by atoms with van der Waals surface area (Å²) >= 11 is 0. The van der Waals surface area contributed by atoms with Crippen LogP contribution in [0, 0.1) is 0 Å². The second kappa shape index (κ2) is 4.32. The largest absolute Gasteiger partial charge is 0.398 e. The van der Waals surface area contributed by atoms with E-state index >= 15 is 0 Å². The Labute approximate surface area is 91.0 Å². The summed E-state index contributed by atoms with van der Waals surface area (Å²) in [5.74, 6) is -0.981. The van der Waals surface area contributed by atoms with Crippen LogP contribution in [0.4, 0.5) is 18.9 Å². The highest BCUT2D eigenvalue weighted by Gasteiger charge is 2.30. The molecular weight excluding hydrogens is 243 g/mol. The van der Waals surface area contributed by atoms with Crippen molar-refractivity contribution in [1.29, 1.82) is 0 Å². The molecule has 1 rings (SSSR count). The minimum absolute atomic E-state index is 0.0373. The first-order valence-corrected chi connectivity index (χ1v) is 6.01. The Kier molecular flexibility index (Phi) is 3.47. The molecule has 0 spiro atoms. The summed E-state index contributed by atoms with van der Waals surface area (Å²) in [4.78, 5) is -0.251. The monoisotopic (exact) mass is 253 g/mol. The first kappa shape index (κ1) is 12.8. The van der Waals surface area contributed by atoms with Crippen molar-refractivity contribution < 1.29 is 21.6 Å². The highest BCUT2D eigenvalue weighted by atomic mass is 32.2. The van der Waals surface area contributed by atoms with Gasteiger partial charge in [-0.3, -0.25) is 0 Å². The summed E-state index contributed by atoms with van der Waals surface area (Å²) < 4.78 is 58.8. The zero-order valence-electron chi connectivity index (χ0n) is 8.16. The molecule has 0 amide bonds. The van der Waals surface area contributed by atoms with Crippen molar-refractivity contribution in [1.82, 2.24) is 0 Å². The number of benzene rings is 1. The molecule has 0 atom stereocenters. The van der Waals surface area contributed by atoms with Crippen molar-refractivity contribution in [2.24, 2.45) is 0 Å². The molecule has 0 saturated carbocycles. The zero-order chi connectivity index (χ0) is 12.4. The number of nitrogens with two attached hydrogens (primary N) is 1. The molecule has 16 heavy (non-hydrogen) atoms. The van der Waals surface area contributed by atoms with E-state index in [4.69, 9.17) is 5.73 Å². The molecule has 0 aliphatic rings. The van der Waals surface area contributed by atoms with Gasteiger partial charge >= 0.3 is 6.18 Å². The molecule has 3 nitrogen and oxygen atoms in total. The normalized spacial score (nSPS) is 12.7. The molecule has 2 N–H and O–H groups in total. The third kappa shape index (κ3) is 3.41. The van der Waals surface area contributed by atoms with Gasteiger partial charge in [0.15, 0.2) is 9.84 Å². The number of alkyl halides is 3. The van der Waals surface area contributed by atoms with Crippen molar-refractivity contribution in [2.75, 3.05) is 11.5 Å². The standard InChI is InChI=1S/C9H10F3NO2S/c10-9(11,12)5-6-16(14,15)8-4-2-1-3-7(8)13/h1-4H,5-6,13H2. The van der Waals surface area contributed by atoms with Gasteiger partial charge in [0, 0.05) is 0 Å². The molecular formula is C9H10F3NO2S. The molecule has 7 heteroatoms. The maximum Gasteiger partial charge on any atom is 0.390 e. The number of para-hydroxylation sites is 1. The summed E-state index contributed by atoms with van der Waals surface area (Å²) in [5.41, 5.74) is 5.35. The molecule has 0 saturated heterocycles. The van der Waals surface area contributed by atoms with Gasteiger partial charge in [-0.15, -0.1) is 0 Å². The van der Waals surface area contributed by atoms with Crippen molar-refractivity contribution >= 4 is 15.5 Å². The van der Waals surface area contributed by atoms with Crippen molar-refractivity contribution in [3.8, 4) is 0 Å². The molecule has 0 unspecified atom stereocenters. The quantitative estimate of drug-likeness (QED) is 0.838. The molecule has 0 fully saturated rings. The van der Waals surface area contributed by atoms with Crippen LogP contribution in [0.1, 0.15) is 6.42 Å². The second-order valence-electron chi connectivity index (χ2n) is 3.22. The third-order valence-electron chi connectivity index (χ3n) is 1.91. The number of nitrogen functional groups attached to an aromatic ring is 1. The minimum Gasteiger partial charge on any atom is -0.398 e. The predicted octanol–water partition coefficient (Wildman–Crippen LogP) is 1.99. The maximum atomic E-state index is 11.9. The lowest BCUT2D eigenvalue weighted by atomic mass is 10.3. The van der Waals surface area contributed by atoms with E-state index < -0.39 is 28.2 Å². The van der Waals surface area contributed by atoms with Crippen LogP contribution in [0.5, 0.6) is 0 Å². The fraction of sp³-hybridized carbons (Fsp3) is 0.333. The average Bonchev–Trinajstić information content (AvgIpc) is 2.14. The predicted molar refractivity (Wildman–Crippen MR) is 53.6 cm³/mol. The zero-order valence-corrected chi connectivity index (χ0v) is 8.98. The number of halogens is 3. The summed E-state index contributed by atoms with van der Waals surface area (Å²) in [6, 6.07) is 5.45. The molecule has 90 valence electrons. The first-order chi connectivity index (χ1) is 7.22. The van der Waals surface area contributed by atoms with Gasteiger partial charge in [0.05, 0.1) is 22.8 Å². The smallest absolute Gasteiger partial charge is 0.390 e. The number of hydrogen-bond donors (Lipinski definition) is 1. The lowest BCUT2D eigenvalue weighted by Gasteiger charge is -2.08. The van der Waals surface area contributed by atoms with Gasteiger partial charge in [0.2, 0.25) is 0 Å². The van der Waals surface area contributed by atoms with Gasteiger partial charge in [-0.05, 0) is 12.1 Å². The molecule has 0 aromatic heterocycles. The van der Waals surface area contributed by atoms with E-state index in [9.17, 15) is 21.6 Å². The average molecular weight is 253 g/mol. The Balaban J connectivity index is 2.92. The van der Waals surface area contributed by atoms with Gasteiger partial charge in [0.1, 0.15) is 0 Å². The van der Waals surface area contributed by atoms with Crippen LogP contribution in [0.2, 0.25) is 0 Å². The van der Waals surface area contributed by atoms with Crippen molar-refractivity contribution in [3.63, 3.8) is 0 Å². The SMILES string of the molecule is Nc1ccccc1S(=O)(=O)CCC(F)(F)F. The number of anilines is 1. The fourth-order valence-electron chi connectivity index (χ4n) is 1.12. The van der Waals surface area contributed by atoms with E-state index in [2.05, 4.69) is 0 Å². The van der Waals surface area contributed by atoms with Crippen molar-refractivity contribution in [3.05, 3.63) is 24.3 Å². The molecule has 0 heterocycles. The molecule has 0 aliphatic heterocycles. The Morgan fingerprint density at radius 3 is 2.25 bits per heavy atom. The van der Waals surface area contributed by atoms with E-state index in [-0.39, 0.29) is 10.6 Å². The Hall–Kier alpha value is -1.24. The van der Waals surface area contributed by atoms with E-state index in [1.807, 2.05) is 0 Å². The molecule has 0 aliphatic carbocycles. The van der Waals surface area contributed by atoms with Crippen LogP contribution < -0.4 is 5.73 Å². The van der Waals surface area contributed by atoms with Gasteiger partial charge in [-0.1, -0.05) is 12.1 Å². The first-order valence-electron chi connectivity index (χ1n) is 4.36. The topological polar surface area (TPSA) is 60.2 Å². The van der Waals surface area contributed by atoms with Gasteiger partial charge in [0.25, 0.3) is 0 Å². The lowest BCUT2D eigenvalue weighted by Crippen LogP contribution is -2.17. The van der Waals surface area contributed by atoms with Crippen LogP contribution in [0.3, 0.4) is 0 Å². The molecule has 0 bridgehead atoms. The Bertz CT molecular complexity index is 468. The second-order valence-corrected chi connectivity index (χ2v) is 5.30. The molecule has 1 aromatic rings. The minimum atomic E-state index is -4.49. The van der Waals surface area contributed by atoms with Gasteiger partial charge in [-0.25, -0.2) is 8.42 Å². The number of rotatable bonds is 3. The Morgan fingerprint density at radius 1 is 1.19 bits per heavy atom. The maximum absolute atomic E-state index is 11.9. The summed E-state index contributed by atoms with van der Waals surface area (Å²) in [7, 11) is -3.97. The van der Waals surface area contributed by atoms with Crippen LogP contribution >= 0.6 is 0 Å². The Morgan fingerprint density at radius 2 is 1.75 bits per heavy atom. The van der Waals surface area contributed by atoms with E-state index in [0.29, 0.717) is 0 Å². The molecule has 0 radical (unpaired) electrons. The van der Waals surface area contributed by atoms with Crippen LogP contribution in [0.25, 0.3) is 0 Å². The number of sulfone groups is 1. The van der Waals surface area contributed by atoms with Crippen LogP contribution in [-0.2, 0) is 9.84 Å². The van der Waals surface area contributed by atoms with E-state index in [1.54, 1.807) is 0 Å². The summed E-state index contributed by atoms with van der Waals surface area (Å²) in [5, 5.41) is 0. The highest BCUT2D eigenvalue weighted by molar-refractivity contribution is 7.91. The van der Waals surface area contributed by atoms with E-state index in [0.717, 1.165) is 0 Å². The van der Waals surface area contributed by atoms with Crippen LogP contribution in [-0.4, -0.2) is 20.3 Å². The third-order valence-corrected chi connectivity index (χ3v) is 3.69. The van der Waals surface area contributed by atoms with Gasteiger partial charge < -0.3 is 5.73 Å². The summed E-state index contributed by atoms with van der Waals surface area (Å²) in [6.45, 7) is 0. The molecule has 1 aromatic carbocycles.